The summed E-state index contributed by atoms with van der Waals surface area (Å²) in [4.78, 5) is 0. The average molecular weight is 244 g/mol. The lowest BCUT2D eigenvalue weighted by Crippen LogP contribution is -2.06. The molecule has 0 radical (unpaired) electrons. The van der Waals surface area contributed by atoms with Crippen LogP contribution in [-0.4, -0.2) is 21.1 Å². The fraction of sp³-hybridized carbons (Fsp3) is 0.400. The van der Waals surface area contributed by atoms with Crippen LogP contribution in [0.4, 0.5) is 13.2 Å². The van der Waals surface area contributed by atoms with Gasteiger partial charge in [0.1, 0.15) is 5.82 Å². The van der Waals surface area contributed by atoms with E-state index in [2.05, 4.69) is 10.2 Å². The lowest BCUT2D eigenvalue weighted by molar-refractivity contribution is -0.137. The van der Waals surface area contributed by atoms with Crippen LogP contribution in [0.1, 0.15) is 17.8 Å². The second-order valence-corrected chi connectivity index (χ2v) is 3.65. The topological polar surface area (TPSA) is 56.2 Å². The van der Waals surface area contributed by atoms with Crippen LogP contribution in [0.25, 0.3) is 5.65 Å². The van der Waals surface area contributed by atoms with Gasteiger partial charge in [-0.15, -0.1) is 10.2 Å². The molecule has 92 valence electrons. The summed E-state index contributed by atoms with van der Waals surface area (Å²) >= 11 is 0. The van der Waals surface area contributed by atoms with E-state index in [4.69, 9.17) is 5.73 Å². The maximum Gasteiger partial charge on any atom is 0.416 e. The smallest absolute Gasteiger partial charge is 0.330 e. The highest BCUT2D eigenvalue weighted by Gasteiger charge is 2.30. The van der Waals surface area contributed by atoms with Gasteiger partial charge in [-0.25, -0.2) is 0 Å². The van der Waals surface area contributed by atoms with Gasteiger partial charge in [0.25, 0.3) is 0 Å². The molecule has 0 unspecified atom stereocenters. The number of rotatable bonds is 3. The molecule has 4 nitrogen and oxygen atoms in total. The number of hydrogen-bond acceptors (Lipinski definition) is 3. The molecule has 2 heterocycles. The van der Waals surface area contributed by atoms with Crippen molar-refractivity contribution < 1.29 is 13.2 Å². The fourth-order valence-electron chi connectivity index (χ4n) is 1.55. The minimum Gasteiger partial charge on any atom is -0.330 e. The van der Waals surface area contributed by atoms with Gasteiger partial charge in [-0.2, -0.15) is 13.2 Å². The van der Waals surface area contributed by atoms with Crippen LogP contribution >= 0.6 is 0 Å². The highest BCUT2D eigenvalue weighted by atomic mass is 19.4. The van der Waals surface area contributed by atoms with E-state index in [1.165, 1.54) is 6.20 Å². The maximum absolute atomic E-state index is 12.5. The molecule has 7 heteroatoms. The molecule has 0 spiro atoms. The van der Waals surface area contributed by atoms with Gasteiger partial charge in [-0.1, -0.05) is 0 Å². The fourth-order valence-corrected chi connectivity index (χ4v) is 1.55. The summed E-state index contributed by atoms with van der Waals surface area (Å²) in [5.74, 6) is 0.624. The predicted molar refractivity (Wildman–Crippen MR) is 55.4 cm³/mol. The number of aromatic nitrogens is 3. The lowest BCUT2D eigenvalue weighted by Gasteiger charge is -2.06. The zero-order valence-corrected chi connectivity index (χ0v) is 8.91. The van der Waals surface area contributed by atoms with Crippen molar-refractivity contribution in [2.75, 3.05) is 6.54 Å². The Kier molecular flexibility index (Phi) is 3.01. The molecule has 0 aliphatic heterocycles. The van der Waals surface area contributed by atoms with Gasteiger partial charge in [0.15, 0.2) is 5.65 Å². The van der Waals surface area contributed by atoms with Crippen molar-refractivity contribution in [3.05, 3.63) is 29.7 Å². The van der Waals surface area contributed by atoms with Gasteiger partial charge >= 0.3 is 6.18 Å². The maximum atomic E-state index is 12.5. The summed E-state index contributed by atoms with van der Waals surface area (Å²) in [6.45, 7) is 0.509. The quantitative estimate of drug-likeness (QED) is 0.892. The highest BCUT2D eigenvalue weighted by Crippen LogP contribution is 2.29. The molecule has 2 N–H and O–H groups in total. The van der Waals surface area contributed by atoms with Gasteiger partial charge in [-0.05, 0) is 25.1 Å². The first-order chi connectivity index (χ1) is 8.02. The zero-order chi connectivity index (χ0) is 12.5. The largest absolute Gasteiger partial charge is 0.416 e. The summed E-state index contributed by atoms with van der Waals surface area (Å²) in [6, 6.07) is 2.00. The van der Waals surface area contributed by atoms with Gasteiger partial charge in [-0.3, -0.25) is 4.40 Å². The van der Waals surface area contributed by atoms with Gasteiger partial charge in [0, 0.05) is 12.6 Å². The van der Waals surface area contributed by atoms with Gasteiger partial charge < -0.3 is 5.73 Å². The van der Waals surface area contributed by atoms with Crippen LogP contribution < -0.4 is 5.73 Å². The molecular weight excluding hydrogens is 233 g/mol. The number of hydrogen-bond donors (Lipinski definition) is 1. The van der Waals surface area contributed by atoms with Crippen molar-refractivity contribution in [2.24, 2.45) is 5.73 Å². The van der Waals surface area contributed by atoms with E-state index in [9.17, 15) is 13.2 Å². The third-order valence-electron chi connectivity index (χ3n) is 2.41. The van der Waals surface area contributed by atoms with Crippen LogP contribution in [-0.2, 0) is 12.6 Å². The van der Waals surface area contributed by atoms with Crippen molar-refractivity contribution in [1.82, 2.24) is 14.6 Å². The molecule has 0 saturated heterocycles. The third-order valence-corrected chi connectivity index (χ3v) is 2.41. The molecule has 0 fully saturated rings. The molecule has 0 saturated carbocycles. The molecule has 0 amide bonds. The summed E-state index contributed by atoms with van der Waals surface area (Å²) < 4.78 is 38.9. The molecule has 2 aromatic rings. The van der Waals surface area contributed by atoms with E-state index < -0.39 is 11.7 Å². The number of aryl methyl sites for hydroxylation is 1. The molecule has 0 aliphatic carbocycles. The first-order valence-corrected chi connectivity index (χ1v) is 5.13. The summed E-state index contributed by atoms with van der Waals surface area (Å²) in [7, 11) is 0. The SMILES string of the molecule is NCCCc1nnc2cc(C(F)(F)F)ccn12. The van der Waals surface area contributed by atoms with Crippen LogP contribution in [0.3, 0.4) is 0 Å². The summed E-state index contributed by atoms with van der Waals surface area (Å²) in [5, 5.41) is 7.56. The van der Waals surface area contributed by atoms with E-state index in [-0.39, 0.29) is 5.65 Å². The first kappa shape index (κ1) is 11.8. The zero-order valence-electron chi connectivity index (χ0n) is 8.91. The normalized spacial score (nSPS) is 12.2. The Labute approximate surface area is 95.3 Å². The van der Waals surface area contributed by atoms with Crippen LogP contribution in [0.5, 0.6) is 0 Å². The van der Waals surface area contributed by atoms with Crippen LogP contribution in [0.2, 0.25) is 0 Å². The lowest BCUT2D eigenvalue weighted by atomic mass is 10.2. The van der Waals surface area contributed by atoms with Crippen molar-refractivity contribution in [1.29, 1.82) is 0 Å². The monoisotopic (exact) mass is 244 g/mol. The molecule has 0 bridgehead atoms. The Balaban J connectivity index is 2.38. The number of alkyl halides is 3. The molecule has 0 aliphatic rings. The van der Waals surface area contributed by atoms with Crippen LogP contribution in [0, 0.1) is 0 Å². The average Bonchev–Trinajstić information content (AvgIpc) is 2.67. The Morgan fingerprint density at radius 2 is 2.06 bits per heavy atom. The Hall–Kier alpha value is -1.63. The van der Waals surface area contributed by atoms with E-state index in [1.807, 2.05) is 0 Å². The Morgan fingerprint density at radius 3 is 2.71 bits per heavy atom. The van der Waals surface area contributed by atoms with E-state index in [0.29, 0.717) is 18.8 Å². The number of nitrogens with two attached hydrogens (primary N) is 1. The van der Waals surface area contributed by atoms with Gasteiger partial charge in [0.2, 0.25) is 0 Å². The third kappa shape index (κ3) is 2.38. The van der Waals surface area contributed by atoms with Crippen molar-refractivity contribution in [3.8, 4) is 0 Å². The predicted octanol–water partition coefficient (Wildman–Crippen LogP) is 1.64. The number of nitrogens with zero attached hydrogens (tertiary/aromatic N) is 3. The Bertz CT molecular complexity index is 518. The highest BCUT2D eigenvalue weighted by molar-refractivity contribution is 5.42. The molecular formula is C10H11F3N4. The molecule has 17 heavy (non-hydrogen) atoms. The standard InChI is InChI=1S/C10H11F3N4/c11-10(12,13)7-3-5-17-8(2-1-4-14)15-16-9(17)6-7/h3,5-6H,1-2,4,14H2. The second kappa shape index (κ2) is 4.33. The first-order valence-electron chi connectivity index (χ1n) is 5.13. The summed E-state index contributed by atoms with van der Waals surface area (Å²) in [5.41, 5.74) is 4.85. The molecule has 0 atom stereocenters. The van der Waals surface area contributed by atoms with E-state index in [0.717, 1.165) is 18.6 Å². The van der Waals surface area contributed by atoms with Crippen molar-refractivity contribution >= 4 is 5.65 Å². The minimum atomic E-state index is -4.36. The van der Waals surface area contributed by atoms with E-state index in [1.54, 1.807) is 4.40 Å². The van der Waals surface area contributed by atoms with Crippen molar-refractivity contribution in [2.45, 2.75) is 19.0 Å². The molecule has 2 aromatic heterocycles. The minimum absolute atomic E-state index is 0.201. The Morgan fingerprint density at radius 1 is 1.29 bits per heavy atom. The molecule has 2 rings (SSSR count). The summed E-state index contributed by atoms with van der Waals surface area (Å²) in [6.07, 6.45) is -1.69. The number of fused-ring (bicyclic) bond motifs is 1. The van der Waals surface area contributed by atoms with Crippen molar-refractivity contribution in [3.63, 3.8) is 0 Å². The number of halogens is 3. The number of pyridine rings is 1. The second-order valence-electron chi connectivity index (χ2n) is 3.65. The van der Waals surface area contributed by atoms with Crippen LogP contribution in [0.15, 0.2) is 18.3 Å². The van der Waals surface area contributed by atoms with Gasteiger partial charge in [0.05, 0.1) is 5.56 Å². The molecule has 0 aromatic carbocycles. The van der Waals surface area contributed by atoms with E-state index >= 15 is 0 Å².